The summed E-state index contributed by atoms with van der Waals surface area (Å²) in [6.45, 7) is 3.38. The van der Waals surface area contributed by atoms with Gasteiger partial charge in [0.2, 0.25) is 0 Å². The second kappa shape index (κ2) is 7.40. The van der Waals surface area contributed by atoms with E-state index in [1.54, 1.807) is 25.1 Å². The zero-order valence-corrected chi connectivity index (χ0v) is 11.5. The molecule has 0 aliphatic heterocycles. The van der Waals surface area contributed by atoms with Gasteiger partial charge in [-0.25, -0.2) is 0 Å². The van der Waals surface area contributed by atoms with E-state index in [1.807, 2.05) is 0 Å². The molecule has 0 bridgehead atoms. The molecule has 0 radical (unpaired) electrons. The van der Waals surface area contributed by atoms with Crippen LogP contribution < -0.4 is 5.32 Å². The highest BCUT2D eigenvalue weighted by molar-refractivity contribution is 6.39. The molecule has 108 valence electrons. The predicted octanol–water partition coefficient (Wildman–Crippen LogP) is 0.668. The molecule has 0 aliphatic carbocycles. The van der Waals surface area contributed by atoms with Gasteiger partial charge in [0, 0.05) is 24.3 Å². The van der Waals surface area contributed by atoms with Gasteiger partial charge in [0.1, 0.15) is 0 Å². The molecule has 0 heterocycles. The molecule has 0 aliphatic rings. The molecule has 2 N–H and O–H groups in total. The lowest BCUT2D eigenvalue weighted by molar-refractivity contribution is -0.143. The van der Waals surface area contributed by atoms with Crippen LogP contribution in [0.5, 0.6) is 0 Å². The van der Waals surface area contributed by atoms with Gasteiger partial charge >= 0.3 is 11.8 Å². The quantitative estimate of drug-likeness (QED) is 0.612. The van der Waals surface area contributed by atoms with Crippen molar-refractivity contribution < 1.29 is 19.5 Å². The fraction of sp³-hybridized carbons (Fsp3) is 0.357. The van der Waals surface area contributed by atoms with Crippen molar-refractivity contribution in [2.75, 3.05) is 25.0 Å². The van der Waals surface area contributed by atoms with Crippen LogP contribution in [0.4, 0.5) is 5.69 Å². The van der Waals surface area contributed by atoms with E-state index in [9.17, 15) is 14.4 Å². The highest BCUT2D eigenvalue weighted by Crippen LogP contribution is 2.11. The number of anilines is 1. The standard InChI is InChI=1S/C14H18N2O4/c1-3-16(7-8-17)14(20)13(19)15-12-6-4-5-11(9-12)10(2)18/h4-6,9,17H,3,7-8H2,1-2H3,(H,15,19). The highest BCUT2D eigenvalue weighted by atomic mass is 16.3. The minimum Gasteiger partial charge on any atom is -0.395 e. The van der Waals surface area contributed by atoms with E-state index in [0.717, 1.165) is 0 Å². The first-order valence-electron chi connectivity index (χ1n) is 6.31. The summed E-state index contributed by atoms with van der Waals surface area (Å²) in [5.74, 6) is -1.63. The van der Waals surface area contributed by atoms with Crippen molar-refractivity contribution in [3.63, 3.8) is 0 Å². The first-order chi connectivity index (χ1) is 9.49. The van der Waals surface area contributed by atoms with Crippen LogP contribution in [0.25, 0.3) is 0 Å². The van der Waals surface area contributed by atoms with Gasteiger partial charge in [-0.3, -0.25) is 14.4 Å². The number of carbonyl (C=O) groups is 3. The van der Waals surface area contributed by atoms with Crippen LogP contribution in [0.1, 0.15) is 24.2 Å². The molecule has 0 saturated heterocycles. The summed E-state index contributed by atoms with van der Waals surface area (Å²) in [6.07, 6.45) is 0. The summed E-state index contributed by atoms with van der Waals surface area (Å²) >= 11 is 0. The van der Waals surface area contributed by atoms with Crippen molar-refractivity contribution in [1.29, 1.82) is 0 Å². The Bertz CT molecular complexity index is 514. The second-order valence-electron chi connectivity index (χ2n) is 4.20. The van der Waals surface area contributed by atoms with Crippen LogP contribution in [-0.2, 0) is 9.59 Å². The van der Waals surface area contributed by atoms with Crippen molar-refractivity contribution in [3.8, 4) is 0 Å². The Kier molecular flexibility index (Phi) is 5.86. The van der Waals surface area contributed by atoms with Gasteiger partial charge in [0.15, 0.2) is 5.78 Å². The van der Waals surface area contributed by atoms with E-state index >= 15 is 0 Å². The maximum atomic E-state index is 11.8. The number of hydrogen-bond donors (Lipinski definition) is 2. The van der Waals surface area contributed by atoms with Crippen LogP contribution in [0, 0.1) is 0 Å². The number of hydrogen-bond acceptors (Lipinski definition) is 4. The van der Waals surface area contributed by atoms with E-state index in [4.69, 9.17) is 5.11 Å². The van der Waals surface area contributed by atoms with Gasteiger partial charge in [0.25, 0.3) is 0 Å². The van der Waals surface area contributed by atoms with Gasteiger partial charge in [-0.2, -0.15) is 0 Å². The predicted molar refractivity (Wildman–Crippen MR) is 74.4 cm³/mol. The van der Waals surface area contributed by atoms with Crippen LogP contribution in [0.15, 0.2) is 24.3 Å². The van der Waals surface area contributed by atoms with Gasteiger partial charge in [-0.05, 0) is 26.0 Å². The number of carbonyl (C=O) groups excluding carboxylic acids is 3. The second-order valence-corrected chi connectivity index (χ2v) is 4.20. The third-order valence-corrected chi connectivity index (χ3v) is 2.76. The molecule has 20 heavy (non-hydrogen) atoms. The molecule has 0 saturated carbocycles. The smallest absolute Gasteiger partial charge is 0.313 e. The van der Waals surface area contributed by atoms with Crippen LogP contribution in [0.3, 0.4) is 0 Å². The lowest BCUT2D eigenvalue weighted by Crippen LogP contribution is -2.41. The van der Waals surface area contributed by atoms with Crippen LogP contribution >= 0.6 is 0 Å². The summed E-state index contributed by atoms with van der Waals surface area (Å²) in [6, 6.07) is 6.36. The molecular formula is C14H18N2O4. The Morgan fingerprint density at radius 3 is 2.55 bits per heavy atom. The number of likely N-dealkylation sites (N-methyl/N-ethyl adjacent to an activating group) is 1. The number of aliphatic hydroxyl groups excluding tert-OH is 1. The van der Waals surface area contributed by atoms with Gasteiger partial charge in [-0.15, -0.1) is 0 Å². The number of aliphatic hydroxyl groups is 1. The Labute approximate surface area is 117 Å². The fourth-order valence-electron chi connectivity index (χ4n) is 1.67. The van der Waals surface area contributed by atoms with Crippen molar-refractivity contribution in [2.24, 2.45) is 0 Å². The van der Waals surface area contributed by atoms with Crippen molar-refractivity contribution in [3.05, 3.63) is 29.8 Å². The molecule has 0 atom stereocenters. The van der Waals surface area contributed by atoms with Crippen molar-refractivity contribution in [2.45, 2.75) is 13.8 Å². The molecule has 1 rings (SSSR count). The maximum Gasteiger partial charge on any atom is 0.313 e. The number of ketones is 1. The number of Topliss-reactive ketones (excluding diaryl/α,β-unsaturated/α-hetero) is 1. The Balaban J connectivity index is 2.77. The molecule has 2 amide bonds. The monoisotopic (exact) mass is 278 g/mol. The van der Waals surface area contributed by atoms with E-state index in [-0.39, 0.29) is 18.9 Å². The minimum atomic E-state index is -0.791. The third-order valence-electron chi connectivity index (χ3n) is 2.76. The average molecular weight is 278 g/mol. The molecule has 6 nitrogen and oxygen atoms in total. The van der Waals surface area contributed by atoms with Crippen LogP contribution in [0.2, 0.25) is 0 Å². The number of amides is 2. The largest absolute Gasteiger partial charge is 0.395 e. The molecule has 0 unspecified atom stereocenters. The van der Waals surface area contributed by atoms with E-state index in [0.29, 0.717) is 17.8 Å². The minimum absolute atomic E-state index is 0.107. The summed E-state index contributed by atoms with van der Waals surface area (Å²) < 4.78 is 0. The average Bonchev–Trinajstić information content (AvgIpc) is 2.44. The SMILES string of the molecule is CCN(CCO)C(=O)C(=O)Nc1cccc(C(C)=O)c1. The summed E-state index contributed by atoms with van der Waals surface area (Å²) in [4.78, 5) is 36.1. The summed E-state index contributed by atoms with van der Waals surface area (Å²) in [7, 11) is 0. The van der Waals surface area contributed by atoms with Crippen molar-refractivity contribution >= 4 is 23.3 Å². The maximum absolute atomic E-state index is 11.8. The molecule has 6 heteroatoms. The van der Waals surface area contributed by atoms with E-state index in [2.05, 4.69) is 5.32 Å². The lowest BCUT2D eigenvalue weighted by Gasteiger charge is -2.18. The fourth-order valence-corrected chi connectivity index (χ4v) is 1.67. The molecule has 0 aromatic heterocycles. The zero-order chi connectivity index (χ0) is 15.1. The third kappa shape index (κ3) is 4.17. The Morgan fingerprint density at radius 2 is 2.00 bits per heavy atom. The van der Waals surface area contributed by atoms with E-state index < -0.39 is 11.8 Å². The van der Waals surface area contributed by atoms with Gasteiger partial charge in [0.05, 0.1) is 6.61 Å². The molecule has 0 spiro atoms. The molecule has 1 aromatic rings. The number of rotatable bonds is 5. The topological polar surface area (TPSA) is 86.7 Å². The van der Waals surface area contributed by atoms with Crippen molar-refractivity contribution in [1.82, 2.24) is 4.90 Å². The Hall–Kier alpha value is -2.21. The Morgan fingerprint density at radius 1 is 1.30 bits per heavy atom. The first kappa shape index (κ1) is 15.8. The number of benzene rings is 1. The molecule has 0 fully saturated rings. The molecule has 1 aromatic carbocycles. The van der Waals surface area contributed by atoms with E-state index in [1.165, 1.54) is 17.9 Å². The summed E-state index contributed by atoms with van der Waals surface area (Å²) in [5.41, 5.74) is 0.842. The molecular weight excluding hydrogens is 260 g/mol. The lowest BCUT2D eigenvalue weighted by atomic mass is 10.1. The normalized spacial score (nSPS) is 9.95. The van der Waals surface area contributed by atoms with Crippen LogP contribution in [-0.4, -0.2) is 47.3 Å². The van der Waals surface area contributed by atoms with Gasteiger partial charge < -0.3 is 15.3 Å². The number of nitrogens with zero attached hydrogens (tertiary/aromatic N) is 1. The number of nitrogens with one attached hydrogen (secondary N) is 1. The first-order valence-corrected chi connectivity index (χ1v) is 6.31. The summed E-state index contributed by atoms with van der Waals surface area (Å²) in [5, 5.41) is 11.3. The van der Waals surface area contributed by atoms with Gasteiger partial charge in [-0.1, -0.05) is 12.1 Å². The zero-order valence-electron chi connectivity index (χ0n) is 11.5. The highest BCUT2D eigenvalue weighted by Gasteiger charge is 2.20.